The van der Waals surface area contributed by atoms with Gasteiger partial charge in [-0.25, -0.2) is 4.79 Å². The van der Waals surface area contributed by atoms with E-state index in [4.69, 9.17) is 5.11 Å². The predicted octanol–water partition coefficient (Wildman–Crippen LogP) is -5.30. The molecule has 1 heterocycles. The number of rotatable bonds is 1. The largest absolute Gasteiger partial charge is 2.00 e. The van der Waals surface area contributed by atoms with E-state index in [9.17, 15) is 4.79 Å². The number of halogens is 2. The molecule has 0 unspecified atom stereocenters. The van der Waals surface area contributed by atoms with Gasteiger partial charge in [0.2, 0.25) is 5.76 Å². The van der Waals surface area contributed by atoms with Gasteiger partial charge in [0.25, 0.3) is 0 Å². The van der Waals surface area contributed by atoms with Crippen molar-refractivity contribution in [2.45, 2.75) is 0 Å². The van der Waals surface area contributed by atoms with Gasteiger partial charge >= 0.3 is 27.0 Å². The van der Waals surface area contributed by atoms with E-state index >= 15 is 0 Å². The first kappa shape index (κ1) is 29.3. The van der Waals surface area contributed by atoms with Crippen molar-refractivity contribution < 1.29 is 60.3 Å². The van der Waals surface area contributed by atoms with Crippen molar-refractivity contribution in [1.82, 2.24) is 17.5 Å². The second-order valence-corrected chi connectivity index (χ2v) is 1.18. The van der Waals surface area contributed by atoms with Crippen molar-refractivity contribution in [3.05, 3.63) is 18.0 Å². The number of carboxylic acids is 1. The number of hydrogen-bond acceptors (Lipinski definition) is 5. The molecule has 0 aliphatic heterocycles. The fourth-order valence-electron chi connectivity index (χ4n) is 0.326. The van der Waals surface area contributed by atoms with Gasteiger partial charge in [0.05, 0.1) is 6.20 Å². The van der Waals surface area contributed by atoms with Crippen LogP contribution in [0.15, 0.2) is 16.8 Å². The SMILES string of the molecule is N.N.O=C(O)c1ccno1.[Cl-].[Cl-].[Pt+2]. The molecule has 0 saturated carbocycles. The number of carboxylic acid groups (broad SMARTS) is 1. The maximum atomic E-state index is 9.93. The van der Waals surface area contributed by atoms with Crippen LogP contribution in [0.3, 0.4) is 0 Å². The standard InChI is InChI=1S/C4H3NO3.2ClH.2H3N.Pt/c6-4(7)3-1-2-5-8-3;;;;;/h1-2H,(H,6,7);2*1H;2*1H3;/q;;;;;+2/p-2. The number of hydrogen-bond donors (Lipinski definition) is 3. The van der Waals surface area contributed by atoms with Crippen LogP contribution < -0.4 is 37.1 Å². The number of aromatic carboxylic acids is 1. The fraction of sp³-hybridized carbons (Fsp3) is 0. The summed E-state index contributed by atoms with van der Waals surface area (Å²) < 4.78 is 4.25. The summed E-state index contributed by atoms with van der Waals surface area (Å²) in [4.78, 5) is 9.93. The molecule has 13 heavy (non-hydrogen) atoms. The summed E-state index contributed by atoms with van der Waals surface area (Å²) in [6.45, 7) is 0. The van der Waals surface area contributed by atoms with Crippen LogP contribution >= 0.6 is 0 Å². The number of nitrogens with zero attached hydrogens (tertiary/aromatic N) is 1. The maximum absolute atomic E-state index is 9.93. The van der Waals surface area contributed by atoms with Crippen LogP contribution in [0.25, 0.3) is 0 Å². The Hall–Kier alpha value is -0.132. The summed E-state index contributed by atoms with van der Waals surface area (Å²) in [7, 11) is 0. The van der Waals surface area contributed by atoms with E-state index in [0.717, 1.165) is 0 Å². The van der Waals surface area contributed by atoms with Crippen molar-refractivity contribution in [3.63, 3.8) is 0 Å². The third kappa shape index (κ3) is 9.78. The van der Waals surface area contributed by atoms with Crippen molar-refractivity contribution in [2.75, 3.05) is 0 Å². The third-order valence-electron chi connectivity index (χ3n) is 0.649. The molecule has 0 aliphatic rings. The van der Waals surface area contributed by atoms with E-state index in [1.165, 1.54) is 12.3 Å². The molecule has 0 bridgehead atoms. The van der Waals surface area contributed by atoms with Gasteiger partial charge in [-0.05, 0) is 0 Å². The molecular weight excluding hydrogens is 404 g/mol. The van der Waals surface area contributed by atoms with Gasteiger partial charge in [-0.15, -0.1) is 0 Å². The zero-order chi connectivity index (χ0) is 5.98. The van der Waals surface area contributed by atoms with E-state index < -0.39 is 5.97 Å². The van der Waals surface area contributed by atoms with Crippen molar-refractivity contribution >= 4 is 5.97 Å². The van der Waals surface area contributed by atoms with Crippen molar-refractivity contribution in [2.24, 2.45) is 0 Å². The predicted molar refractivity (Wildman–Crippen MR) is 33.5 cm³/mol. The molecule has 1 rings (SSSR count). The summed E-state index contributed by atoms with van der Waals surface area (Å²) in [5.74, 6) is -1.23. The minimum Gasteiger partial charge on any atom is -1.00 e. The van der Waals surface area contributed by atoms with Crippen LogP contribution in [-0.4, -0.2) is 16.2 Å². The Morgan fingerprint density at radius 3 is 2.00 bits per heavy atom. The first-order chi connectivity index (χ1) is 3.80. The molecule has 1 aromatic heterocycles. The van der Waals surface area contributed by atoms with Gasteiger partial charge in [-0.2, -0.15) is 0 Å². The van der Waals surface area contributed by atoms with E-state index in [1.54, 1.807) is 0 Å². The van der Waals surface area contributed by atoms with E-state index in [1.807, 2.05) is 0 Å². The van der Waals surface area contributed by atoms with E-state index in [2.05, 4.69) is 9.68 Å². The maximum Gasteiger partial charge on any atom is 2.00 e. The molecule has 0 saturated heterocycles. The van der Waals surface area contributed by atoms with Gasteiger partial charge in [-0.1, -0.05) is 5.16 Å². The summed E-state index contributed by atoms with van der Waals surface area (Å²) in [6.07, 6.45) is 1.28. The number of aromatic nitrogens is 1. The molecule has 1 aromatic rings. The second kappa shape index (κ2) is 14.4. The summed E-state index contributed by atoms with van der Waals surface area (Å²) in [6, 6.07) is 1.28. The van der Waals surface area contributed by atoms with Crippen LogP contribution in [0.5, 0.6) is 0 Å². The Labute approximate surface area is 102 Å². The Kier molecular flexibility index (Phi) is 32.4. The molecule has 0 atom stereocenters. The smallest absolute Gasteiger partial charge is 1.00 e. The van der Waals surface area contributed by atoms with Gasteiger partial charge in [0.15, 0.2) is 0 Å². The molecule has 0 aromatic carbocycles. The quantitative estimate of drug-likeness (QED) is 0.422. The Balaban J connectivity index is -0.0000000427. The first-order valence-corrected chi connectivity index (χ1v) is 1.94. The Bertz CT molecular complexity index is 197. The normalized spacial score (nSPS) is 5.54. The summed E-state index contributed by atoms with van der Waals surface area (Å²) in [5, 5.41) is 11.3. The van der Waals surface area contributed by atoms with Crippen LogP contribution in [0.4, 0.5) is 0 Å². The molecule has 0 radical (unpaired) electrons. The van der Waals surface area contributed by atoms with Crippen LogP contribution in [0.1, 0.15) is 10.6 Å². The summed E-state index contributed by atoms with van der Waals surface area (Å²) >= 11 is 0. The van der Waals surface area contributed by atoms with E-state index in [0.29, 0.717) is 0 Å². The Morgan fingerprint density at radius 1 is 1.38 bits per heavy atom. The van der Waals surface area contributed by atoms with Crippen LogP contribution in [0, 0.1) is 0 Å². The van der Waals surface area contributed by atoms with E-state index in [-0.39, 0.29) is 63.9 Å². The average molecular weight is 413 g/mol. The average Bonchev–Trinajstić information content (AvgIpc) is 2.12. The molecule has 0 amide bonds. The molecule has 82 valence electrons. The van der Waals surface area contributed by atoms with Gasteiger partial charge in [0, 0.05) is 6.07 Å². The third-order valence-corrected chi connectivity index (χ3v) is 0.649. The van der Waals surface area contributed by atoms with Gasteiger partial charge in [0.1, 0.15) is 0 Å². The Morgan fingerprint density at radius 2 is 1.85 bits per heavy atom. The first-order valence-electron chi connectivity index (χ1n) is 1.94. The second-order valence-electron chi connectivity index (χ2n) is 1.18. The molecular formula is C4H9Cl2N3O3Pt. The zero-order valence-electron chi connectivity index (χ0n) is 6.35. The number of carbonyl (C=O) groups is 1. The molecule has 7 N–H and O–H groups in total. The topological polar surface area (TPSA) is 133 Å². The van der Waals surface area contributed by atoms with Gasteiger partial charge < -0.3 is 46.7 Å². The molecule has 0 spiro atoms. The molecule has 0 aliphatic carbocycles. The van der Waals surface area contributed by atoms with Crippen molar-refractivity contribution in [1.29, 1.82) is 0 Å². The molecule has 6 nitrogen and oxygen atoms in total. The van der Waals surface area contributed by atoms with Crippen LogP contribution in [0.2, 0.25) is 0 Å². The zero-order valence-corrected chi connectivity index (χ0v) is 10.1. The fourth-order valence-corrected chi connectivity index (χ4v) is 0.326. The summed E-state index contributed by atoms with van der Waals surface area (Å²) in [5.41, 5.74) is 0. The van der Waals surface area contributed by atoms with Crippen molar-refractivity contribution in [3.8, 4) is 0 Å². The molecule has 9 heteroatoms. The monoisotopic (exact) mass is 412 g/mol. The minimum atomic E-state index is -1.09. The minimum absolute atomic E-state index is 0. The van der Waals surface area contributed by atoms with Crippen LogP contribution in [-0.2, 0) is 21.1 Å². The molecule has 0 fully saturated rings. The van der Waals surface area contributed by atoms with Gasteiger partial charge in [-0.3, -0.25) is 0 Å².